The van der Waals surface area contributed by atoms with Gasteiger partial charge in [0.25, 0.3) is 5.69 Å². The van der Waals surface area contributed by atoms with Crippen molar-refractivity contribution < 1.29 is 9.31 Å². The first-order valence-electron chi connectivity index (χ1n) is 3.14. The molecule has 0 atom stereocenters. The molecule has 5 heteroatoms. The summed E-state index contributed by atoms with van der Waals surface area (Å²) in [4.78, 5) is 9.72. The third-order valence-corrected chi connectivity index (χ3v) is 2.13. The Bertz CT molecular complexity index is 316. The van der Waals surface area contributed by atoms with Gasteiger partial charge in [-0.1, -0.05) is 15.9 Å². The molecule has 1 aromatic carbocycles. The van der Waals surface area contributed by atoms with E-state index in [0.717, 1.165) is 0 Å². The van der Waals surface area contributed by atoms with Crippen LogP contribution in [0.25, 0.3) is 0 Å². The molecule has 0 heterocycles. The fraction of sp³-hybridized carbons (Fsp3) is 0.143. The molecular formula is C7H5BrFNO2. The lowest BCUT2D eigenvalue weighted by Gasteiger charge is -1.97. The largest absolute Gasteiger partial charge is 0.270 e. The Morgan fingerprint density at radius 2 is 2.25 bits per heavy atom. The predicted molar refractivity (Wildman–Crippen MR) is 45.6 cm³/mol. The molecule has 64 valence electrons. The van der Waals surface area contributed by atoms with Crippen molar-refractivity contribution in [1.82, 2.24) is 0 Å². The van der Waals surface area contributed by atoms with E-state index in [2.05, 4.69) is 15.9 Å². The molecule has 0 aliphatic carbocycles. The van der Waals surface area contributed by atoms with Gasteiger partial charge < -0.3 is 0 Å². The monoisotopic (exact) mass is 233 g/mol. The van der Waals surface area contributed by atoms with E-state index in [4.69, 9.17) is 0 Å². The second-order valence-electron chi connectivity index (χ2n) is 2.17. The van der Waals surface area contributed by atoms with Crippen molar-refractivity contribution >= 4 is 21.6 Å². The molecule has 0 radical (unpaired) electrons. The molecule has 0 amide bonds. The summed E-state index contributed by atoms with van der Waals surface area (Å²) in [6.07, 6.45) is 0. The average molecular weight is 234 g/mol. The van der Waals surface area contributed by atoms with Crippen molar-refractivity contribution in [2.75, 3.05) is 0 Å². The highest BCUT2D eigenvalue weighted by molar-refractivity contribution is 9.10. The highest BCUT2D eigenvalue weighted by atomic mass is 79.9. The summed E-state index contributed by atoms with van der Waals surface area (Å²) in [5.74, 6) is 0. The Morgan fingerprint density at radius 1 is 1.58 bits per heavy atom. The zero-order valence-corrected chi connectivity index (χ0v) is 7.54. The minimum Gasteiger partial charge on any atom is -0.258 e. The first-order chi connectivity index (χ1) is 5.65. The smallest absolute Gasteiger partial charge is 0.258 e. The second kappa shape index (κ2) is 3.62. The van der Waals surface area contributed by atoms with Gasteiger partial charge in [0.2, 0.25) is 0 Å². The van der Waals surface area contributed by atoms with Gasteiger partial charge in [0, 0.05) is 16.6 Å². The van der Waals surface area contributed by atoms with Crippen molar-refractivity contribution in [3.05, 3.63) is 38.3 Å². The van der Waals surface area contributed by atoms with Crippen LogP contribution < -0.4 is 0 Å². The van der Waals surface area contributed by atoms with Gasteiger partial charge in [-0.3, -0.25) is 10.1 Å². The van der Waals surface area contributed by atoms with Gasteiger partial charge in [0.05, 0.1) is 4.92 Å². The Hall–Kier alpha value is -0.970. The number of hydrogen-bond donors (Lipinski definition) is 0. The number of nitrogens with zero attached hydrogens (tertiary/aromatic N) is 1. The molecule has 0 bridgehead atoms. The molecule has 1 rings (SSSR count). The molecule has 0 saturated carbocycles. The topological polar surface area (TPSA) is 43.1 Å². The third-order valence-electron chi connectivity index (χ3n) is 1.39. The maximum atomic E-state index is 12.1. The summed E-state index contributed by atoms with van der Waals surface area (Å²) in [5, 5.41) is 10.2. The van der Waals surface area contributed by atoms with Gasteiger partial charge in [-0.2, -0.15) is 0 Å². The van der Waals surface area contributed by atoms with Gasteiger partial charge in [0.1, 0.15) is 6.67 Å². The highest BCUT2D eigenvalue weighted by Gasteiger charge is 2.07. The Balaban J connectivity index is 3.10. The Kier molecular flexibility index (Phi) is 2.75. The number of rotatable bonds is 2. The SMILES string of the molecule is O=[N+]([O-])c1ccc(CF)c(Br)c1. The molecule has 0 aliphatic heterocycles. The first-order valence-corrected chi connectivity index (χ1v) is 3.93. The minimum atomic E-state index is -0.626. The highest BCUT2D eigenvalue weighted by Crippen LogP contribution is 2.23. The van der Waals surface area contributed by atoms with E-state index < -0.39 is 11.6 Å². The second-order valence-corrected chi connectivity index (χ2v) is 3.02. The summed E-state index contributed by atoms with van der Waals surface area (Å²) in [5.41, 5.74) is 0.375. The number of nitro benzene ring substituents is 1. The molecule has 0 unspecified atom stereocenters. The number of halogens is 2. The molecular weight excluding hydrogens is 229 g/mol. The van der Waals surface area contributed by atoms with Gasteiger partial charge >= 0.3 is 0 Å². The van der Waals surface area contributed by atoms with Crippen LogP contribution >= 0.6 is 15.9 Å². The fourth-order valence-electron chi connectivity index (χ4n) is 0.758. The molecule has 0 aromatic heterocycles. The van der Waals surface area contributed by atoms with Crippen molar-refractivity contribution in [3.63, 3.8) is 0 Å². The standard InChI is InChI=1S/C7H5BrFNO2/c8-7-3-6(10(11)12)2-1-5(7)4-9/h1-3H,4H2. The fourth-order valence-corrected chi connectivity index (χ4v) is 1.23. The van der Waals surface area contributed by atoms with E-state index >= 15 is 0 Å². The number of nitro groups is 1. The van der Waals surface area contributed by atoms with Crippen LogP contribution in [0, 0.1) is 10.1 Å². The van der Waals surface area contributed by atoms with Crippen molar-refractivity contribution in [3.8, 4) is 0 Å². The van der Waals surface area contributed by atoms with Gasteiger partial charge in [-0.05, 0) is 11.6 Å². The molecule has 0 N–H and O–H groups in total. The predicted octanol–water partition coefficient (Wildman–Crippen LogP) is 2.83. The van der Waals surface area contributed by atoms with Crippen LogP contribution in [0.2, 0.25) is 0 Å². The summed E-state index contributed by atoms with van der Waals surface area (Å²) in [6, 6.07) is 3.96. The van der Waals surface area contributed by atoms with Crippen LogP contribution in [0.15, 0.2) is 22.7 Å². The molecule has 0 aliphatic rings. The average Bonchev–Trinajstić information content (AvgIpc) is 2.04. The molecule has 0 fully saturated rings. The van der Waals surface area contributed by atoms with Crippen LogP contribution in [0.4, 0.5) is 10.1 Å². The van der Waals surface area contributed by atoms with E-state index in [1.165, 1.54) is 18.2 Å². The Labute approximate surface area is 76.5 Å². The molecule has 0 spiro atoms. The summed E-state index contributed by atoms with van der Waals surface area (Å²) in [6.45, 7) is -0.626. The van der Waals surface area contributed by atoms with E-state index in [0.29, 0.717) is 10.0 Å². The van der Waals surface area contributed by atoms with Gasteiger partial charge in [0.15, 0.2) is 0 Å². The number of hydrogen-bond acceptors (Lipinski definition) is 2. The number of alkyl halides is 1. The number of non-ortho nitro benzene ring substituents is 1. The van der Waals surface area contributed by atoms with Crippen LogP contribution in [0.1, 0.15) is 5.56 Å². The van der Waals surface area contributed by atoms with Gasteiger partial charge in [-0.25, -0.2) is 4.39 Å². The third kappa shape index (κ3) is 1.79. The van der Waals surface area contributed by atoms with E-state index in [9.17, 15) is 14.5 Å². The van der Waals surface area contributed by atoms with Crippen LogP contribution in [0.5, 0.6) is 0 Å². The lowest BCUT2D eigenvalue weighted by Crippen LogP contribution is -1.89. The zero-order valence-electron chi connectivity index (χ0n) is 5.96. The summed E-state index contributed by atoms with van der Waals surface area (Å²) < 4.78 is 12.5. The lowest BCUT2D eigenvalue weighted by molar-refractivity contribution is -0.384. The van der Waals surface area contributed by atoms with Crippen molar-refractivity contribution in [1.29, 1.82) is 0 Å². The van der Waals surface area contributed by atoms with Gasteiger partial charge in [-0.15, -0.1) is 0 Å². The van der Waals surface area contributed by atoms with E-state index in [-0.39, 0.29) is 5.69 Å². The molecule has 0 saturated heterocycles. The van der Waals surface area contributed by atoms with Crippen LogP contribution in [-0.2, 0) is 6.67 Å². The molecule has 12 heavy (non-hydrogen) atoms. The zero-order chi connectivity index (χ0) is 9.14. The van der Waals surface area contributed by atoms with E-state index in [1.54, 1.807) is 0 Å². The van der Waals surface area contributed by atoms with Crippen molar-refractivity contribution in [2.45, 2.75) is 6.67 Å². The quantitative estimate of drug-likeness (QED) is 0.583. The Morgan fingerprint density at radius 3 is 2.67 bits per heavy atom. The maximum absolute atomic E-state index is 12.1. The van der Waals surface area contributed by atoms with Crippen LogP contribution in [-0.4, -0.2) is 4.92 Å². The van der Waals surface area contributed by atoms with E-state index in [1.807, 2.05) is 0 Å². The summed E-state index contributed by atoms with van der Waals surface area (Å²) in [7, 11) is 0. The molecule has 1 aromatic rings. The first kappa shape index (κ1) is 9.12. The maximum Gasteiger partial charge on any atom is 0.270 e. The minimum absolute atomic E-state index is 0.0425. The van der Waals surface area contributed by atoms with Crippen LogP contribution in [0.3, 0.4) is 0 Å². The normalized spacial score (nSPS) is 9.83. The van der Waals surface area contributed by atoms with Crippen molar-refractivity contribution in [2.24, 2.45) is 0 Å². The lowest BCUT2D eigenvalue weighted by atomic mass is 10.2. The summed E-state index contributed by atoms with van der Waals surface area (Å²) >= 11 is 3.03. The molecule has 3 nitrogen and oxygen atoms in total. The number of benzene rings is 1.